The van der Waals surface area contributed by atoms with Gasteiger partial charge in [0.15, 0.2) is 0 Å². The molecule has 4 heteroatoms. The van der Waals surface area contributed by atoms with E-state index in [1.54, 1.807) is 6.07 Å². The summed E-state index contributed by atoms with van der Waals surface area (Å²) < 4.78 is 4.74. The molecule has 4 nitrogen and oxygen atoms in total. The SMILES string of the molecule is N#Cc1cc(C#N)cc(-c2c(-c3ccccc3)cc(-n3c4ccccc4c4cc(-n5c6ccccc6c6ccccc65)ccc43)cc2-c2ccccc2)c1. The molecule has 0 aliphatic heterocycles. The molecular weight excluding hydrogens is 657 g/mol. The van der Waals surface area contributed by atoms with Gasteiger partial charge < -0.3 is 9.13 Å². The molecule has 0 spiro atoms. The number of hydrogen-bond acceptors (Lipinski definition) is 2. The zero-order valence-corrected chi connectivity index (χ0v) is 29.1. The standard InChI is InChI=1S/C50H30N4/c51-31-33-25-34(32-52)27-37(26-33)50-43(35-13-3-1-4-14-35)29-39(30-44(50)36-15-5-2-6-16-36)54-48-22-12-9-19-42(48)45-28-38(23-24-49(45)54)53-46-20-10-7-17-40(46)41-18-8-11-21-47(41)53/h1-30H. The molecule has 0 amide bonds. The van der Waals surface area contributed by atoms with Gasteiger partial charge in [0.1, 0.15) is 0 Å². The number of rotatable bonds is 5. The van der Waals surface area contributed by atoms with Crippen molar-refractivity contribution in [2.24, 2.45) is 0 Å². The summed E-state index contributed by atoms with van der Waals surface area (Å²) in [6.45, 7) is 0. The average Bonchev–Trinajstić information content (AvgIpc) is 3.76. The predicted octanol–water partition coefficient (Wildman–Crippen LogP) is 12.6. The Morgan fingerprint density at radius 3 is 1.26 bits per heavy atom. The number of nitriles is 2. The molecule has 54 heavy (non-hydrogen) atoms. The zero-order chi connectivity index (χ0) is 36.2. The fourth-order valence-corrected chi connectivity index (χ4v) is 8.24. The summed E-state index contributed by atoms with van der Waals surface area (Å²) in [6, 6.07) is 68.0. The van der Waals surface area contributed by atoms with E-state index >= 15 is 0 Å². The number of aromatic nitrogens is 2. The van der Waals surface area contributed by atoms with Gasteiger partial charge in [0.25, 0.3) is 0 Å². The second-order valence-electron chi connectivity index (χ2n) is 13.6. The van der Waals surface area contributed by atoms with Crippen LogP contribution in [0, 0.1) is 22.7 Å². The molecule has 2 heterocycles. The lowest BCUT2D eigenvalue weighted by Crippen LogP contribution is -1.99. The van der Waals surface area contributed by atoms with Crippen molar-refractivity contribution >= 4 is 43.6 Å². The van der Waals surface area contributed by atoms with Crippen molar-refractivity contribution in [2.75, 3.05) is 0 Å². The minimum atomic E-state index is 0.451. The monoisotopic (exact) mass is 686 g/mol. The highest BCUT2D eigenvalue weighted by molar-refractivity contribution is 6.12. The molecule has 2 aromatic heterocycles. The van der Waals surface area contributed by atoms with Crippen molar-refractivity contribution in [1.29, 1.82) is 10.5 Å². The molecule has 0 saturated carbocycles. The van der Waals surface area contributed by atoms with Crippen molar-refractivity contribution in [3.63, 3.8) is 0 Å². The van der Waals surface area contributed by atoms with Gasteiger partial charge in [-0.1, -0.05) is 115 Å². The molecule has 8 aromatic carbocycles. The number of para-hydroxylation sites is 3. The lowest BCUT2D eigenvalue weighted by Gasteiger charge is -2.20. The second kappa shape index (κ2) is 12.5. The number of fused-ring (bicyclic) bond motifs is 6. The van der Waals surface area contributed by atoms with Gasteiger partial charge in [-0.15, -0.1) is 0 Å². The van der Waals surface area contributed by atoms with Crippen LogP contribution >= 0.6 is 0 Å². The largest absolute Gasteiger partial charge is 0.309 e. The lowest BCUT2D eigenvalue weighted by molar-refractivity contribution is 1.17. The maximum atomic E-state index is 9.99. The summed E-state index contributed by atoms with van der Waals surface area (Å²) in [5.74, 6) is 0. The third-order valence-corrected chi connectivity index (χ3v) is 10.5. The summed E-state index contributed by atoms with van der Waals surface area (Å²) in [6.07, 6.45) is 0. The summed E-state index contributed by atoms with van der Waals surface area (Å²) in [5.41, 5.74) is 13.5. The van der Waals surface area contributed by atoms with E-state index in [1.165, 1.54) is 27.2 Å². The minimum Gasteiger partial charge on any atom is -0.309 e. The molecular formula is C50H30N4. The van der Waals surface area contributed by atoms with E-state index in [2.05, 4.69) is 173 Å². The first-order valence-electron chi connectivity index (χ1n) is 18.0. The molecule has 0 fully saturated rings. The Hall–Kier alpha value is -7.66. The van der Waals surface area contributed by atoms with Gasteiger partial charge in [-0.2, -0.15) is 10.5 Å². The maximum Gasteiger partial charge on any atom is 0.0992 e. The Bertz CT molecular complexity index is 3020. The van der Waals surface area contributed by atoms with Crippen LogP contribution in [0.5, 0.6) is 0 Å². The lowest BCUT2D eigenvalue weighted by atomic mass is 9.86. The molecule has 10 aromatic rings. The first-order chi connectivity index (χ1) is 26.7. The van der Waals surface area contributed by atoms with E-state index < -0.39 is 0 Å². The van der Waals surface area contributed by atoms with E-state index in [0.29, 0.717) is 11.1 Å². The molecule has 0 saturated heterocycles. The molecule has 0 unspecified atom stereocenters. The molecule has 0 atom stereocenters. The van der Waals surface area contributed by atoms with Gasteiger partial charge >= 0.3 is 0 Å². The van der Waals surface area contributed by atoms with Gasteiger partial charge in [-0.05, 0) is 100 Å². The van der Waals surface area contributed by atoms with E-state index in [-0.39, 0.29) is 0 Å². The van der Waals surface area contributed by atoms with Crippen LogP contribution in [0.4, 0.5) is 0 Å². The van der Waals surface area contributed by atoms with Crippen LogP contribution in [0.3, 0.4) is 0 Å². The molecule has 0 aliphatic carbocycles. The molecule has 0 N–H and O–H groups in total. The molecule has 0 bridgehead atoms. The van der Waals surface area contributed by atoms with Gasteiger partial charge in [0.05, 0.1) is 45.3 Å². The summed E-state index contributed by atoms with van der Waals surface area (Å²) in [5, 5.41) is 24.8. The smallest absolute Gasteiger partial charge is 0.0992 e. The van der Waals surface area contributed by atoms with Gasteiger partial charge in [0.2, 0.25) is 0 Å². The molecule has 10 rings (SSSR count). The normalized spacial score (nSPS) is 11.3. The van der Waals surface area contributed by atoms with E-state index in [4.69, 9.17) is 0 Å². The average molecular weight is 687 g/mol. The van der Waals surface area contributed by atoms with Crippen LogP contribution in [0.25, 0.3) is 88.4 Å². The van der Waals surface area contributed by atoms with Gasteiger partial charge in [-0.25, -0.2) is 0 Å². The third kappa shape index (κ3) is 4.90. The Labute approximate surface area is 312 Å². The van der Waals surface area contributed by atoms with Crippen LogP contribution in [0.1, 0.15) is 11.1 Å². The van der Waals surface area contributed by atoms with E-state index in [1.807, 2.05) is 24.3 Å². The molecule has 0 radical (unpaired) electrons. The summed E-state index contributed by atoms with van der Waals surface area (Å²) in [7, 11) is 0. The Morgan fingerprint density at radius 2 is 0.759 bits per heavy atom. The quantitative estimate of drug-likeness (QED) is 0.181. The third-order valence-electron chi connectivity index (χ3n) is 10.5. The minimum absolute atomic E-state index is 0.451. The van der Waals surface area contributed by atoms with Crippen LogP contribution in [-0.4, -0.2) is 9.13 Å². The first-order valence-corrected chi connectivity index (χ1v) is 18.0. The maximum absolute atomic E-state index is 9.99. The van der Waals surface area contributed by atoms with E-state index in [0.717, 1.165) is 61.2 Å². The van der Waals surface area contributed by atoms with Gasteiger partial charge in [-0.3, -0.25) is 0 Å². The highest BCUT2D eigenvalue weighted by atomic mass is 15.0. The molecule has 0 aliphatic rings. The van der Waals surface area contributed by atoms with Gasteiger partial charge in [0, 0.05) is 32.9 Å². The Balaban J connectivity index is 1.29. The van der Waals surface area contributed by atoms with Crippen LogP contribution < -0.4 is 0 Å². The molecule has 250 valence electrons. The van der Waals surface area contributed by atoms with Crippen LogP contribution in [-0.2, 0) is 0 Å². The number of hydrogen-bond donors (Lipinski definition) is 0. The van der Waals surface area contributed by atoms with Crippen molar-refractivity contribution in [3.05, 3.63) is 193 Å². The zero-order valence-electron chi connectivity index (χ0n) is 29.1. The first kappa shape index (κ1) is 31.1. The number of nitrogens with zero attached hydrogens (tertiary/aromatic N) is 4. The van der Waals surface area contributed by atoms with Crippen LogP contribution in [0.2, 0.25) is 0 Å². The van der Waals surface area contributed by atoms with Crippen molar-refractivity contribution in [1.82, 2.24) is 9.13 Å². The summed E-state index contributed by atoms with van der Waals surface area (Å²) in [4.78, 5) is 0. The second-order valence-corrected chi connectivity index (χ2v) is 13.6. The van der Waals surface area contributed by atoms with Crippen molar-refractivity contribution < 1.29 is 0 Å². The predicted molar refractivity (Wildman–Crippen MR) is 221 cm³/mol. The number of benzene rings is 8. The van der Waals surface area contributed by atoms with E-state index in [9.17, 15) is 10.5 Å². The van der Waals surface area contributed by atoms with Crippen LogP contribution in [0.15, 0.2) is 182 Å². The fourth-order valence-electron chi connectivity index (χ4n) is 8.24. The Morgan fingerprint density at radius 1 is 0.333 bits per heavy atom. The highest BCUT2D eigenvalue weighted by Gasteiger charge is 2.21. The summed E-state index contributed by atoms with van der Waals surface area (Å²) >= 11 is 0. The fraction of sp³-hybridized carbons (Fsp3) is 0. The Kier molecular flexibility index (Phi) is 7.22. The highest BCUT2D eigenvalue weighted by Crippen LogP contribution is 2.44. The topological polar surface area (TPSA) is 57.4 Å². The van der Waals surface area contributed by atoms with Crippen molar-refractivity contribution in [3.8, 4) is 56.9 Å². The van der Waals surface area contributed by atoms with Crippen molar-refractivity contribution in [2.45, 2.75) is 0 Å².